The molecule has 0 radical (unpaired) electrons. The zero-order valence-electron chi connectivity index (χ0n) is 13.1. The second-order valence-corrected chi connectivity index (χ2v) is 6.62. The fourth-order valence-electron chi connectivity index (χ4n) is 3.10. The first-order valence-corrected chi connectivity index (χ1v) is 8.22. The molecular formula is C18H20BrNO2. The predicted molar refractivity (Wildman–Crippen MR) is 95.5 cm³/mol. The lowest BCUT2D eigenvalue weighted by molar-refractivity contribution is 0.0970. The Morgan fingerprint density at radius 1 is 1.23 bits per heavy atom. The number of anilines is 1. The number of fused-ring (bicyclic) bond motifs is 3. The lowest BCUT2D eigenvalue weighted by Gasteiger charge is -2.29. The molecule has 0 aliphatic heterocycles. The molecule has 2 aromatic rings. The Labute approximate surface area is 138 Å². The number of alkyl halides is 1. The molecule has 3 rings (SSSR count). The minimum absolute atomic E-state index is 0.600. The fourth-order valence-corrected chi connectivity index (χ4v) is 3.62. The van der Waals surface area contributed by atoms with Gasteiger partial charge in [0.25, 0.3) is 0 Å². The van der Waals surface area contributed by atoms with Gasteiger partial charge >= 0.3 is 0 Å². The van der Waals surface area contributed by atoms with Crippen LogP contribution in [0.3, 0.4) is 0 Å². The number of halogens is 1. The molecule has 4 heteroatoms. The van der Waals surface area contributed by atoms with Gasteiger partial charge in [0.15, 0.2) is 4.51 Å². The van der Waals surface area contributed by atoms with Crippen molar-refractivity contribution in [2.75, 3.05) is 26.1 Å². The number of hydrogen-bond donors (Lipinski definition) is 1. The summed E-state index contributed by atoms with van der Waals surface area (Å²) in [6.07, 6.45) is 2.92. The van der Waals surface area contributed by atoms with Gasteiger partial charge in [-0.05, 0) is 39.5 Å². The van der Waals surface area contributed by atoms with Crippen LogP contribution in [0, 0.1) is 0 Å². The van der Waals surface area contributed by atoms with Gasteiger partial charge in [-0.1, -0.05) is 30.3 Å². The van der Waals surface area contributed by atoms with Gasteiger partial charge in [0.2, 0.25) is 0 Å². The molecule has 2 aromatic carbocycles. The topological polar surface area (TPSA) is 30.5 Å². The van der Waals surface area contributed by atoms with Crippen LogP contribution in [0.5, 0.6) is 0 Å². The number of hydrogen-bond acceptors (Lipinski definition) is 3. The van der Waals surface area contributed by atoms with E-state index in [0.29, 0.717) is 0 Å². The van der Waals surface area contributed by atoms with Gasteiger partial charge in [-0.25, -0.2) is 0 Å². The minimum Gasteiger partial charge on any atom is -0.496 e. The SMILES string of the molecule is CCNc1cc2c(c3ccccc13)=C(OC)C(Br)(OC)CC=2. The number of benzene rings is 2. The van der Waals surface area contributed by atoms with Crippen molar-refractivity contribution in [3.63, 3.8) is 0 Å². The van der Waals surface area contributed by atoms with Crippen LogP contribution in [0.2, 0.25) is 0 Å². The van der Waals surface area contributed by atoms with E-state index in [4.69, 9.17) is 9.47 Å². The van der Waals surface area contributed by atoms with E-state index in [2.05, 4.69) is 64.6 Å². The van der Waals surface area contributed by atoms with Gasteiger partial charge in [0, 0.05) is 36.4 Å². The van der Waals surface area contributed by atoms with Crippen molar-refractivity contribution in [2.24, 2.45) is 0 Å². The highest BCUT2D eigenvalue weighted by atomic mass is 79.9. The third-order valence-corrected chi connectivity index (χ3v) is 5.13. The maximum Gasteiger partial charge on any atom is 0.183 e. The van der Waals surface area contributed by atoms with Crippen LogP contribution >= 0.6 is 15.9 Å². The van der Waals surface area contributed by atoms with Crippen molar-refractivity contribution >= 4 is 44.2 Å². The number of methoxy groups -OCH3 is 2. The van der Waals surface area contributed by atoms with Gasteiger partial charge in [0.1, 0.15) is 5.76 Å². The lowest BCUT2D eigenvalue weighted by atomic mass is 9.97. The molecule has 0 heterocycles. The summed E-state index contributed by atoms with van der Waals surface area (Å²) in [5, 5.41) is 8.10. The number of rotatable bonds is 4. The van der Waals surface area contributed by atoms with Crippen molar-refractivity contribution in [1.29, 1.82) is 0 Å². The van der Waals surface area contributed by atoms with Gasteiger partial charge in [-0.15, -0.1) is 0 Å². The van der Waals surface area contributed by atoms with E-state index in [0.717, 1.165) is 29.6 Å². The maximum atomic E-state index is 5.74. The van der Waals surface area contributed by atoms with E-state index in [1.54, 1.807) is 14.2 Å². The van der Waals surface area contributed by atoms with Crippen molar-refractivity contribution in [1.82, 2.24) is 0 Å². The molecule has 116 valence electrons. The molecule has 0 fully saturated rings. The second-order valence-electron chi connectivity index (χ2n) is 5.34. The monoisotopic (exact) mass is 361 g/mol. The summed E-state index contributed by atoms with van der Waals surface area (Å²) in [5.74, 6) is 0.826. The molecule has 0 saturated carbocycles. The molecule has 3 nitrogen and oxygen atoms in total. The Morgan fingerprint density at radius 2 is 1.95 bits per heavy atom. The molecule has 1 N–H and O–H groups in total. The lowest BCUT2D eigenvalue weighted by Crippen LogP contribution is -2.42. The number of nitrogens with one attached hydrogen (secondary N) is 1. The molecule has 0 aromatic heterocycles. The van der Waals surface area contributed by atoms with Gasteiger partial charge < -0.3 is 14.8 Å². The summed E-state index contributed by atoms with van der Waals surface area (Å²) in [5.41, 5.74) is 1.16. The largest absolute Gasteiger partial charge is 0.496 e. The molecule has 0 saturated heterocycles. The zero-order valence-corrected chi connectivity index (χ0v) is 14.7. The Hall–Kier alpha value is -1.52. The van der Waals surface area contributed by atoms with Crippen molar-refractivity contribution in [3.05, 3.63) is 40.8 Å². The second kappa shape index (κ2) is 5.94. The molecular weight excluding hydrogens is 342 g/mol. The fraction of sp³-hybridized carbons (Fsp3) is 0.333. The summed E-state index contributed by atoms with van der Waals surface area (Å²) in [6.45, 7) is 3.00. The third kappa shape index (κ3) is 2.31. The van der Waals surface area contributed by atoms with Crippen LogP contribution in [0.1, 0.15) is 13.3 Å². The van der Waals surface area contributed by atoms with Crippen molar-refractivity contribution < 1.29 is 9.47 Å². The summed E-state index contributed by atoms with van der Waals surface area (Å²) in [4.78, 5) is 0. The van der Waals surface area contributed by atoms with E-state index < -0.39 is 4.51 Å². The first-order valence-electron chi connectivity index (χ1n) is 7.43. The third-order valence-electron chi connectivity index (χ3n) is 4.12. The van der Waals surface area contributed by atoms with Crippen LogP contribution in [-0.2, 0) is 9.47 Å². The average Bonchev–Trinajstić information content (AvgIpc) is 2.55. The predicted octanol–water partition coefficient (Wildman–Crippen LogP) is 2.95. The molecule has 0 amide bonds. The molecule has 1 unspecified atom stereocenters. The van der Waals surface area contributed by atoms with Gasteiger partial charge in [-0.3, -0.25) is 0 Å². The average molecular weight is 362 g/mol. The van der Waals surface area contributed by atoms with E-state index >= 15 is 0 Å². The summed E-state index contributed by atoms with van der Waals surface area (Å²) < 4.78 is 10.8. The molecule has 0 bridgehead atoms. The van der Waals surface area contributed by atoms with Crippen LogP contribution in [-0.4, -0.2) is 25.3 Å². The Balaban J connectivity index is 2.49. The van der Waals surface area contributed by atoms with Crippen molar-refractivity contribution in [2.45, 2.75) is 17.9 Å². The van der Waals surface area contributed by atoms with E-state index in [1.165, 1.54) is 16.0 Å². The zero-order chi connectivity index (χ0) is 15.7. The first-order chi connectivity index (χ1) is 10.6. The maximum absolute atomic E-state index is 5.74. The van der Waals surface area contributed by atoms with Crippen LogP contribution in [0.15, 0.2) is 30.3 Å². The summed E-state index contributed by atoms with van der Waals surface area (Å²) in [7, 11) is 3.40. The van der Waals surface area contributed by atoms with Crippen LogP contribution < -0.4 is 15.8 Å². The standard InChI is InChI=1S/C18H20BrNO2/c1-4-20-15-11-12-9-10-18(19,22-3)17(21-2)16(12)14-8-6-5-7-13(14)15/h5-9,11,20H,4,10H2,1-3H3. The highest BCUT2D eigenvalue weighted by Gasteiger charge is 2.35. The van der Waals surface area contributed by atoms with E-state index in [-0.39, 0.29) is 0 Å². The highest BCUT2D eigenvalue weighted by molar-refractivity contribution is 9.10. The van der Waals surface area contributed by atoms with Crippen LogP contribution in [0.25, 0.3) is 22.6 Å². The quantitative estimate of drug-likeness (QED) is 0.849. The Kier molecular flexibility index (Phi) is 4.15. The smallest absolute Gasteiger partial charge is 0.183 e. The molecule has 22 heavy (non-hydrogen) atoms. The van der Waals surface area contributed by atoms with Crippen molar-refractivity contribution in [3.8, 4) is 0 Å². The van der Waals surface area contributed by atoms with Crippen LogP contribution in [0.4, 0.5) is 5.69 Å². The van der Waals surface area contributed by atoms with E-state index in [9.17, 15) is 0 Å². The molecule has 1 atom stereocenters. The molecule has 0 spiro atoms. The normalized spacial score (nSPS) is 20.5. The molecule has 1 aliphatic carbocycles. The van der Waals surface area contributed by atoms with Gasteiger partial charge in [0.05, 0.1) is 7.11 Å². The van der Waals surface area contributed by atoms with Gasteiger partial charge in [-0.2, -0.15) is 0 Å². The summed E-state index contributed by atoms with van der Waals surface area (Å²) in [6, 6.07) is 10.6. The highest BCUT2D eigenvalue weighted by Crippen LogP contribution is 2.35. The minimum atomic E-state index is -0.600. The Morgan fingerprint density at radius 3 is 2.59 bits per heavy atom. The number of ether oxygens (including phenoxy) is 2. The first kappa shape index (κ1) is 15.4. The molecule has 1 aliphatic rings. The summed E-state index contributed by atoms with van der Waals surface area (Å²) >= 11 is 3.70. The van der Waals surface area contributed by atoms with E-state index in [1.807, 2.05) is 0 Å². The Bertz CT molecular complexity index is 831.